The molecule has 0 spiro atoms. The lowest BCUT2D eigenvalue weighted by molar-refractivity contribution is -0.148. The molecule has 1 unspecified atom stereocenters. The van der Waals surface area contributed by atoms with Crippen LogP contribution in [0, 0.1) is 0 Å². The maximum absolute atomic E-state index is 12.8. The Morgan fingerprint density at radius 3 is 2.60 bits per heavy atom. The van der Waals surface area contributed by atoms with E-state index in [1.807, 2.05) is 32.1 Å². The number of allylic oxidation sites excluding steroid dienone is 3. The molecule has 6 nitrogen and oxygen atoms in total. The molecule has 25 heavy (non-hydrogen) atoms. The lowest BCUT2D eigenvalue weighted by Crippen LogP contribution is -2.41. The summed E-state index contributed by atoms with van der Waals surface area (Å²) in [6.45, 7) is 4.03. The summed E-state index contributed by atoms with van der Waals surface area (Å²) in [6.07, 6.45) is 1.93. The molecule has 1 aliphatic rings. The summed E-state index contributed by atoms with van der Waals surface area (Å²) in [5.74, 6) is -1.06. The molecule has 2 rings (SSSR count). The van der Waals surface area contributed by atoms with Crippen molar-refractivity contribution in [1.82, 2.24) is 19.7 Å². The van der Waals surface area contributed by atoms with Gasteiger partial charge in [0.05, 0.1) is 6.54 Å². The van der Waals surface area contributed by atoms with Crippen molar-refractivity contribution in [2.24, 2.45) is 5.73 Å². The molecule has 0 fully saturated rings. The van der Waals surface area contributed by atoms with Crippen molar-refractivity contribution in [3.05, 3.63) is 35.4 Å². The highest BCUT2D eigenvalue weighted by Crippen LogP contribution is 2.29. The van der Waals surface area contributed by atoms with Gasteiger partial charge in [0.1, 0.15) is 0 Å². The number of hydrogen-bond acceptors (Lipinski definition) is 4. The molecule has 138 valence electrons. The first kappa shape index (κ1) is 19.2. The van der Waals surface area contributed by atoms with Gasteiger partial charge in [-0.25, -0.2) is 0 Å². The number of alkyl halides is 3. The molecule has 1 aliphatic heterocycles. The number of nitrogens with zero attached hydrogens (tertiary/aromatic N) is 4. The van der Waals surface area contributed by atoms with Gasteiger partial charge in [-0.05, 0) is 20.3 Å². The van der Waals surface area contributed by atoms with Crippen molar-refractivity contribution in [3.8, 4) is 0 Å². The number of rotatable bonds is 5. The van der Waals surface area contributed by atoms with Crippen LogP contribution in [0.2, 0.25) is 0 Å². The minimum Gasteiger partial charge on any atom is -0.333 e. The van der Waals surface area contributed by atoms with Crippen LogP contribution in [0.5, 0.6) is 0 Å². The van der Waals surface area contributed by atoms with Gasteiger partial charge in [-0.15, -0.1) is 10.2 Å². The Bertz CT molecular complexity index is 678. The van der Waals surface area contributed by atoms with Gasteiger partial charge >= 0.3 is 6.18 Å². The van der Waals surface area contributed by atoms with Crippen LogP contribution in [0.1, 0.15) is 38.3 Å². The van der Waals surface area contributed by atoms with Crippen LogP contribution in [0.3, 0.4) is 0 Å². The van der Waals surface area contributed by atoms with Crippen LogP contribution in [-0.2, 0) is 24.1 Å². The van der Waals surface area contributed by atoms with Gasteiger partial charge < -0.3 is 15.2 Å². The number of aromatic nitrogens is 3. The molecule has 0 saturated heterocycles. The maximum atomic E-state index is 12.8. The first-order valence-corrected chi connectivity index (χ1v) is 8.06. The van der Waals surface area contributed by atoms with E-state index < -0.39 is 12.0 Å². The molecule has 2 N–H and O–H groups in total. The first-order valence-electron chi connectivity index (χ1n) is 8.06. The van der Waals surface area contributed by atoms with E-state index in [0.29, 0.717) is 6.42 Å². The Hall–Kier alpha value is -2.16. The normalized spacial score (nSPS) is 17.0. The quantitative estimate of drug-likeness (QED) is 0.820. The number of hydrogen-bond donors (Lipinski definition) is 1. The smallest absolute Gasteiger partial charge is 0.333 e. The largest absolute Gasteiger partial charge is 0.451 e. The van der Waals surface area contributed by atoms with E-state index in [1.54, 1.807) is 0 Å². The van der Waals surface area contributed by atoms with Gasteiger partial charge in [-0.2, -0.15) is 13.2 Å². The van der Waals surface area contributed by atoms with Crippen LogP contribution in [0.25, 0.3) is 0 Å². The van der Waals surface area contributed by atoms with Crippen LogP contribution in [0.4, 0.5) is 13.2 Å². The summed E-state index contributed by atoms with van der Waals surface area (Å²) in [6, 6.07) is -0.347. The minimum atomic E-state index is -4.55. The lowest BCUT2D eigenvalue weighted by Gasteiger charge is -2.29. The molecule has 0 radical (unpaired) electrons. The summed E-state index contributed by atoms with van der Waals surface area (Å²) >= 11 is 0. The van der Waals surface area contributed by atoms with Crippen molar-refractivity contribution in [3.63, 3.8) is 0 Å². The highest BCUT2D eigenvalue weighted by atomic mass is 19.4. The van der Waals surface area contributed by atoms with Crippen LogP contribution >= 0.6 is 0 Å². The van der Waals surface area contributed by atoms with Crippen molar-refractivity contribution < 1.29 is 18.0 Å². The standard InChI is InChI=1S/C16H22F3N5O/c1-3-5-11(4-2)8-12(20)9-14(25)23-6-7-24-13(10-23)21-22-15(24)16(17,18)19/h3-5,12H,6-10,20H2,1-2H3/b5-3+,11-4-. The van der Waals surface area contributed by atoms with Gasteiger partial charge in [0, 0.05) is 25.6 Å². The predicted octanol–water partition coefficient (Wildman–Crippen LogP) is 2.27. The number of amides is 1. The summed E-state index contributed by atoms with van der Waals surface area (Å²) in [7, 11) is 0. The van der Waals surface area contributed by atoms with Crippen molar-refractivity contribution in [2.75, 3.05) is 6.54 Å². The third-order valence-electron chi connectivity index (χ3n) is 4.05. The number of nitrogens with two attached hydrogens (primary N) is 1. The molecule has 0 aromatic carbocycles. The Kier molecular flexibility index (Phi) is 5.99. The second-order valence-electron chi connectivity index (χ2n) is 5.94. The van der Waals surface area contributed by atoms with Gasteiger partial charge in [-0.1, -0.05) is 23.8 Å². The van der Waals surface area contributed by atoms with E-state index in [4.69, 9.17) is 5.73 Å². The third kappa shape index (κ3) is 4.68. The van der Waals surface area contributed by atoms with E-state index in [0.717, 1.165) is 10.1 Å². The van der Waals surface area contributed by atoms with Crippen LogP contribution in [0.15, 0.2) is 23.8 Å². The summed E-state index contributed by atoms with van der Waals surface area (Å²) < 4.78 is 39.5. The lowest BCUT2D eigenvalue weighted by atomic mass is 10.0. The maximum Gasteiger partial charge on any atom is 0.451 e. The Balaban J connectivity index is 1.97. The van der Waals surface area contributed by atoms with Crippen molar-refractivity contribution in [1.29, 1.82) is 0 Å². The molecule has 9 heteroatoms. The van der Waals surface area contributed by atoms with Gasteiger partial charge in [0.25, 0.3) is 0 Å². The fourth-order valence-corrected chi connectivity index (χ4v) is 2.80. The number of fused-ring (bicyclic) bond motifs is 1. The average Bonchev–Trinajstić information content (AvgIpc) is 2.97. The topological polar surface area (TPSA) is 77.0 Å². The molecule has 1 aromatic heterocycles. The molecule has 0 saturated carbocycles. The number of halogens is 3. The molecule has 2 heterocycles. The Labute approximate surface area is 144 Å². The predicted molar refractivity (Wildman–Crippen MR) is 86.2 cm³/mol. The summed E-state index contributed by atoms with van der Waals surface area (Å²) in [5.41, 5.74) is 7.08. The molecule has 1 aromatic rings. The van der Waals surface area contributed by atoms with E-state index in [1.165, 1.54) is 4.90 Å². The van der Waals surface area contributed by atoms with Crippen LogP contribution in [-0.4, -0.2) is 38.2 Å². The van der Waals surface area contributed by atoms with Gasteiger partial charge in [0.15, 0.2) is 5.82 Å². The van der Waals surface area contributed by atoms with Crippen molar-refractivity contribution >= 4 is 5.91 Å². The molecule has 1 atom stereocenters. The summed E-state index contributed by atoms with van der Waals surface area (Å²) in [5, 5.41) is 6.78. The average molecular weight is 357 g/mol. The van der Waals surface area contributed by atoms with E-state index in [2.05, 4.69) is 10.2 Å². The number of carbonyl (C=O) groups is 1. The molecule has 0 aliphatic carbocycles. The van der Waals surface area contributed by atoms with Crippen LogP contribution < -0.4 is 5.73 Å². The molecular weight excluding hydrogens is 335 g/mol. The third-order valence-corrected chi connectivity index (χ3v) is 4.05. The van der Waals surface area contributed by atoms with E-state index in [9.17, 15) is 18.0 Å². The SMILES string of the molecule is C/C=C/C(=C/C)CC(N)CC(=O)N1CCn2c(nnc2C(F)(F)F)C1. The summed E-state index contributed by atoms with van der Waals surface area (Å²) in [4.78, 5) is 13.9. The second kappa shape index (κ2) is 7.81. The van der Waals surface area contributed by atoms with E-state index in [-0.39, 0.29) is 43.8 Å². The fraction of sp³-hybridized carbons (Fsp3) is 0.562. The molecule has 1 amide bonds. The number of carbonyl (C=O) groups excluding carboxylic acids is 1. The zero-order chi connectivity index (χ0) is 18.6. The highest BCUT2D eigenvalue weighted by Gasteiger charge is 2.39. The zero-order valence-corrected chi connectivity index (χ0v) is 14.3. The Morgan fingerprint density at radius 1 is 1.28 bits per heavy atom. The van der Waals surface area contributed by atoms with Gasteiger partial charge in [-0.3, -0.25) is 4.79 Å². The van der Waals surface area contributed by atoms with Crippen molar-refractivity contribution in [2.45, 2.75) is 52.0 Å². The molecule has 0 bridgehead atoms. The van der Waals surface area contributed by atoms with Gasteiger partial charge in [0.2, 0.25) is 11.7 Å². The zero-order valence-electron chi connectivity index (χ0n) is 14.3. The Morgan fingerprint density at radius 2 is 2.00 bits per heavy atom. The first-order chi connectivity index (χ1) is 11.8. The second-order valence-corrected chi connectivity index (χ2v) is 5.94. The minimum absolute atomic E-state index is 0.0139. The molecular formula is C16H22F3N5O. The highest BCUT2D eigenvalue weighted by molar-refractivity contribution is 5.76. The van der Waals surface area contributed by atoms with E-state index >= 15 is 0 Å². The monoisotopic (exact) mass is 357 g/mol. The fourth-order valence-electron chi connectivity index (χ4n) is 2.80.